The summed E-state index contributed by atoms with van der Waals surface area (Å²) >= 11 is 0. The van der Waals surface area contributed by atoms with E-state index in [1.165, 1.54) is 0 Å². The Morgan fingerprint density at radius 2 is 1.44 bits per heavy atom. The summed E-state index contributed by atoms with van der Waals surface area (Å²) in [4.78, 5) is 24.6. The van der Waals surface area contributed by atoms with Crippen LogP contribution in [-0.4, -0.2) is 25.2 Å². The molecule has 25 heavy (non-hydrogen) atoms. The third-order valence-electron chi connectivity index (χ3n) is 4.00. The summed E-state index contributed by atoms with van der Waals surface area (Å²) in [7, 11) is 0. The second-order valence-electron chi connectivity index (χ2n) is 6.10. The number of unbranched alkanes of at least 4 members (excludes halogenated alkanes) is 4. The summed E-state index contributed by atoms with van der Waals surface area (Å²) in [6, 6.07) is 0. The number of allylic oxidation sites excluding steroid dienone is 4. The largest absolute Gasteiger partial charge is 0.465 e. The number of hydrogen-bond acceptors (Lipinski definition) is 4. The maximum atomic E-state index is 12.3. The van der Waals surface area contributed by atoms with E-state index in [4.69, 9.17) is 9.47 Å². The van der Waals surface area contributed by atoms with E-state index in [0.29, 0.717) is 19.6 Å². The van der Waals surface area contributed by atoms with E-state index in [-0.39, 0.29) is 11.9 Å². The van der Waals surface area contributed by atoms with E-state index in [1.807, 2.05) is 31.2 Å². The normalized spacial score (nSPS) is 13.2. The van der Waals surface area contributed by atoms with Gasteiger partial charge < -0.3 is 9.47 Å². The minimum Gasteiger partial charge on any atom is -0.465 e. The molecule has 0 amide bonds. The van der Waals surface area contributed by atoms with Crippen molar-refractivity contribution in [1.82, 2.24) is 0 Å². The van der Waals surface area contributed by atoms with E-state index in [2.05, 4.69) is 13.2 Å². The lowest BCUT2D eigenvalue weighted by Crippen LogP contribution is -2.31. The van der Waals surface area contributed by atoms with Crippen LogP contribution in [0.1, 0.15) is 58.8 Å². The van der Waals surface area contributed by atoms with Crippen molar-refractivity contribution in [1.29, 1.82) is 0 Å². The monoisotopic (exact) mass is 350 g/mol. The first-order valence-electron chi connectivity index (χ1n) is 9.24. The molecule has 0 aliphatic carbocycles. The number of ether oxygens (including phenoxy) is 2. The third-order valence-corrected chi connectivity index (χ3v) is 4.00. The Hall–Kier alpha value is -1.84. The summed E-state index contributed by atoms with van der Waals surface area (Å²) in [5, 5.41) is 0. The van der Waals surface area contributed by atoms with Gasteiger partial charge in [0.2, 0.25) is 0 Å². The smallest absolute Gasteiger partial charge is 0.310 e. The van der Waals surface area contributed by atoms with E-state index in [0.717, 1.165) is 38.5 Å². The SMILES string of the molecule is C=CCCCCOC(=O)C(C)C(CC=CC)C(=O)OCCCCC=C. The molecular weight excluding hydrogens is 316 g/mol. The van der Waals surface area contributed by atoms with Crippen molar-refractivity contribution in [3.8, 4) is 0 Å². The predicted octanol–water partition coefficient (Wildman–Crippen LogP) is 5.00. The molecule has 0 bridgehead atoms. The highest BCUT2D eigenvalue weighted by Gasteiger charge is 2.31. The fourth-order valence-electron chi connectivity index (χ4n) is 2.32. The highest BCUT2D eigenvalue weighted by molar-refractivity contribution is 5.82. The van der Waals surface area contributed by atoms with Crippen molar-refractivity contribution in [2.45, 2.75) is 58.8 Å². The molecule has 0 rings (SSSR count). The van der Waals surface area contributed by atoms with Crippen LogP contribution in [0.3, 0.4) is 0 Å². The van der Waals surface area contributed by atoms with Crippen LogP contribution < -0.4 is 0 Å². The van der Waals surface area contributed by atoms with Gasteiger partial charge in [-0.2, -0.15) is 0 Å². The summed E-state index contributed by atoms with van der Waals surface area (Å²) < 4.78 is 10.7. The van der Waals surface area contributed by atoms with Gasteiger partial charge in [0.15, 0.2) is 0 Å². The number of rotatable bonds is 15. The molecule has 0 aromatic carbocycles. The molecule has 0 N–H and O–H groups in total. The molecular formula is C21H34O4. The van der Waals surface area contributed by atoms with Gasteiger partial charge in [0.05, 0.1) is 25.0 Å². The van der Waals surface area contributed by atoms with Crippen LogP contribution in [0.15, 0.2) is 37.5 Å². The molecule has 4 nitrogen and oxygen atoms in total. The van der Waals surface area contributed by atoms with Crippen molar-refractivity contribution < 1.29 is 19.1 Å². The van der Waals surface area contributed by atoms with E-state index in [1.54, 1.807) is 6.92 Å². The fourth-order valence-corrected chi connectivity index (χ4v) is 2.32. The fraction of sp³-hybridized carbons (Fsp3) is 0.619. The Kier molecular flexibility index (Phi) is 14.5. The molecule has 0 spiro atoms. The average molecular weight is 350 g/mol. The molecule has 0 aromatic heterocycles. The van der Waals surface area contributed by atoms with Crippen LogP contribution in [0.25, 0.3) is 0 Å². The molecule has 0 fully saturated rings. The van der Waals surface area contributed by atoms with Gasteiger partial charge in [-0.1, -0.05) is 31.2 Å². The van der Waals surface area contributed by atoms with Crippen LogP contribution in [0.2, 0.25) is 0 Å². The lowest BCUT2D eigenvalue weighted by Gasteiger charge is -2.20. The maximum Gasteiger partial charge on any atom is 0.310 e. The number of esters is 2. The summed E-state index contributed by atoms with van der Waals surface area (Å²) in [6.07, 6.45) is 13.3. The lowest BCUT2D eigenvalue weighted by molar-refractivity contribution is -0.160. The van der Waals surface area contributed by atoms with Crippen LogP contribution in [0.5, 0.6) is 0 Å². The van der Waals surface area contributed by atoms with E-state index < -0.39 is 11.8 Å². The van der Waals surface area contributed by atoms with Crippen molar-refractivity contribution in [3.63, 3.8) is 0 Å². The van der Waals surface area contributed by atoms with Crippen molar-refractivity contribution in [3.05, 3.63) is 37.5 Å². The third kappa shape index (κ3) is 11.4. The number of hydrogen-bond donors (Lipinski definition) is 0. The van der Waals surface area contributed by atoms with Crippen LogP contribution in [-0.2, 0) is 19.1 Å². The molecule has 0 aliphatic heterocycles. The van der Waals surface area contributed by atoms with Crippen molar-refractivity contribution in [2.75, 3.05) is 13.2 Å². The molecule has 0 saturated heterocycles. The van der Waals surface area contributed by atoms with E-state index >= 15 is 0 Å². The molecule has 4 heteroatoms. The Balaban J connectivity index is 4.44. The Labute approximate surface area is 153 Å². The summed E-state index contributed by atoms with van der Waals surface area (Å²) in [5.41, 5.74) is 0. The topological polar surface area (TPSA) is 52.6 Å². The van der Waals surface area contributed by atoms with Crippen LogP contribution >= 0.6 is 0 Å². The van der Waals surface area contributed by atoms with E-state index in [9.17, 15) is 9.59 Å². The Morgan fingerprint density at radius 1 is 0.920 bits per heavy atom. The first-order valence-corrected chi connectivity index (χ1v) is 9.24. The van der Waals surface area contributed by atoms with Gasteiger partial charge in [-0.3, -0.25) is 9.59 Å². The van der Waals surface area contributed by atoms with Gasteiger partial charge in [0.25, 0.3) is 0 Å². The minimum atomic E-state index is -0.517. The van der Waals surface area contributed by atoms with Crippen LogP contribution in [0, 0.1) is 11.8 Å². The molecule has 2 atom stereocenters. The van der Waals surface area contributed by atoms with Crippen LogP contribution in [0.4, 0.5) is 0 Å². The zero-order valence-corrected chi connectivity index (χ0v) is 15.9. The standard InChI is InChI=1S/C21H34O4/c1-5-8-11-13-16-24-20(22)18(4)19(15-10-7-3)21(23)25-17-14-12-9-6-2/h5-7,10,18-19H,1-2,8-9,11-17H2,3-4H3. The molecule has 0 radical (unpaired) electrons. The number of carbonyl (C=O) groups is 2. The molecule has 0 aromatic rings. The zero-order valence-electron chi connectivity index (χ0n) is 15.9. The summed E-state index contributed by atoms with van der Waals surface area (Å²) in [6.45, 7) is 11.7. The zero-order chi connectivity index (χ0) is 18.9. The van der Waals surface area contributed by atoms with Gasteiger partial charge >= 0.3 is 11.9 Å². The first kappa shape index (κ1) is 23.2. The van der Waals surface area contributed by atoms with Gasteiger partial charge in [-0.05, 0) is 51.9 Å². The number of carbonyl (C=O) groups excluding carboxylic acids is 2. The second kappa shape index (κ2) is 15.7. The van der Waals surface area contributed by atoms with Crippen molar-refractivity contribution in [2.24, 2.45) is 11.8 Å². The quantitative estimate of drug-likeness (QED) is 0.237. The van der Waals surface area contributed by atoms with Gasteiger partial charge in [-0.15, -0.1) is 13.2 Å². The highest BCUT2D eigenvalue weighted by Crippen LogP contribution is 2.20. The van der Waals surface area contributed by atoms with Gasteiger partial charge in [0.1, 0.15) is 0 Å². The molecule has 0 heterocycles. The lowest BCUT2D eigenvalue weighted by atomic mass is 9.91. The molecule has 2 unspecified atom stereocenters. The average Bonchev–Trinajstić information content (AvgIpc) is 2.61. The summed E-state index contributed by atoms with van der Waals surface area (Å²) in [5.74, 6) is -1.68. The van der Waals surface area contributed by atoms with Gasteiger partial charge in [-0.25, -0.2) is 0 Å². The van der Waals surface area contributed by atoms with Gasteiger partial charge in [0, 0.05) is 0 Å². The Morgan fingerprint density at radius 3 is 1.92 bits per heavy atom. The maximum absolute atomic E-state index is 12.3. The highest BCUT2D eigenvalue weighted by atomic mass is 16.5. The first-order chi connectivity index (χ1) is 12.1. The predicted molar refractivity (Wildman–Crippen MR) is 102 cm³/mol. The minimum absolute atomic E-state index is 0.326. The Bertz CT molecular complexity index is 426. The molecule has 142 valence electrons. The molecule has 0 aliphatic rings. The second-order valence-corrected chi connectivity index (χ2v) is 6.10. The van der Waals surface area contributed by atoms with Crippen molar-refractivity contribution >= 4 is 11.9 Å². The molecule has 0 saturated carbocycles.